The predicted octanol–water partition coefficient (Wildman–Crippen LogP) is 4.84. The van der Waals surface area contributed by atoms with Gasteiger partial charge < -0.3 is 15.5 Å². The van der Waals surface area contributed by atoms with Gasteiger partial charge in [0.2, 0.25) is 21.8 Å². The Bertz CT molecular complexity index is 1880. The van der Waals surface area contributed by atoms with Crippen molar-refractivity contribution in [1.29, 1.82) is 0 Å². The Hall–Kier alpha value is -4.25. The number of fused-ring (bicyclic) bond motifs is 6. The monoisotopic (exact) mass is 684 g/mol. The molecule has 2 aromatic carbocycles. The Labute approximate surface area is 287 Å². The summed E-state index contributed by atoms with van der Waals surface area (Å²) < 4.78 is 27.4. The fraction of sp³-hybridized carbons (Fsp3) is 0.474. The van der Waals surface area contributed by atoms with E-state index < -0.39 is 56.5 Å². The molecule has 258 valence electrons. The molecule has 1 aliphatic heterocycles. The first-order valence-electron chi connectivity index (χ1n) is 17.3. The Kier molecular flexibility index (Phi) is 8.53. The number of hydrogen-bond acceptors (Lipinski definition) is 7. The maximum absolute atomic E-state index is 14.1. The van der Waals surface area contributed by atoms with Gasteiger partial charge in [-0.05, 0) is 79.5 Å². The summed E-state index contributed by atoms with van der Waals surface area (Å²) in [4.78, 5) is 47.5. The highest BCUT2D eigenvalue weighted by Crippen LogP contribution is 2.46. The number of nitrogens with zero attached hydrogens (tertiary/aromatic N) is 1. The number of carbonyl (C=O) groups is 3. The van der Waals surface area contributed by atoms with Crippen molar-refractivity contribution in [3.8, 4) is 11.1 Å². The minimum absolute atomic E-state index is 0.167. The standard InChI is InChI=1S/C38H44N4O6S/c1-4-24-21-38(24,36(45)42-49(46,47)26-14-15-26)40-35(44)32-20-25-19-31(32)34(43)39-22-37(2,3)17-9-5-6-10-23-13-16-28-27-11-7-8-12-29(27)33(41-48-25)30(28)18-23/h4,6-8,10-13,16,18,24-26,31-32H,1,5,9,14-15,17,19-22H2,2-3H3,(H,39,43)(H,40,44)(H,42,45)/b10-6+,41-33+/t24-,25-,31+,32+,38+/m0/s1. The number of allylic oxidation sites excluding steroid dienone is 1. The summed E-state index contributed by atoms with van der Waals surface area (Å²) in [5.41, 5.74) is 4.24. The molecular weight excluding hydrogens is 641 g/mol. The van der Waals surface area contributed by atoms with Crippen molar-refractivity contribution in [2.45, 2.75) is 82.1 Å². The minimum Gasteiger partial charge on any atom is -0.392 e. The molecule has 5 aliphatic rings. The summed E-state index contributed by atoms with van der Waals surface area (Å²) in [6.07, 6.45) is 9.80. The van der Waals surface area contributed by atoms with E-state index in [4.69, 9.17) is 4.84 Å². The van der Waals surface area contributed by atoms with Crippen LogP contribution >= 0.6 is 0 Å². The molecule has 0 unspecified atom stereocenters. The lowest BCUT2D eigenvalue weighted by Crippen LogP contribution is -2.54. The maximum Gasteiger partial charge on any atom is 0.259 e. The number of hydrogen-bond donors (Lipinski definition) is 3. The van der Waals surface area contributed by atoms with Crippen LogP contribution in [0.15, 0.2) is 66.4 Å². The normalized spacial score (nSPS) is 30.6. The van der Waals surface area contributed by atoms with Crippen LogP contribution in [-0.4, -0.2) is 55.3 Å². The zero-order valence-corrected chi connectivity index (χ0v) is 28.9. The highest BCUT2D eigenvalue weighted by molar-refractivity contribution is 7.91. The molecule has 0 aromatic heterocycles. The van der Waals surface area contributed by atoms with Crippen molar-refractivity contribution in [1.82, 2.24) is 15.4 Å². The second-order valence-corrected chi connectivity index (χ2v) is 17.0. The highest BCUT2D eigenvalue weighted by atomic mass is 32.2. The number of amides is 3. The molecule has 7 rings (SSSR count). The number of nitrogens with one attached hydrogen (secondary N) is 3. The molecule has 3 amide bonds. The second kappa shape index (κ2) is 12.6. The number of carbonyl (C=O) groups excluding carboxylic acids is 3. The lowest BCUT2D eigenvalue weighted by atomic mass is 9.86. The van der Waals surface area contributed by atoms with Crippen LogP contribution in [0.1, 0.15) is 81.9 Å². The number of sulfonamides is 1. The van der Waals surface area contributed by atoms with Crippen LogP contribution in [0.3, 0.4) is 0 Å². The molecule has 3 N–H and O–H groups in total. The number of benzene rings is 2. The third-order valence-corrected chi connectivity index (χ3v) is 12.6. The lowest BCUT2D eigenvalue weighted by Gasteiger charge is -2.27. The van der Waals surface area contributed by atoms with Crippen LogP contribution < -0.4 is 15.4 Å². The van der Waals surface area contributed by atoms with E-state index in [1.165, 1.54) is 0 Å². The van der Waals surface area contributed by atoms with E-state index in [-0.39, 0.29) is 30.6 Å². The molecule has 3 fully saturated rings. The minimum atomic E-state index is -3.82. The van der Waals surface area contributed by atoms with Gasteiger partial charge >= 0.3 is 0 Å². The van der Waals surface area contributed by atoms with Crippen molar-refractivity contribution >= 4 is 39.5 Å². The third-order valence-electron chi connectivity index (χ3n) is 10.8. The largest absolute Gasteiger partial charge is 0.392 e. The summed E-state index contributed by atoms with van der Waals surface area (Å²) in [6.45, 7) is 8.48. The molecule has 5 atom stereocenters. The molecule has 1 heterocycles. The van der Waals surface area contributed by atoms with Gasteiger partial charge in [-0.2, -0.15) is 0 Å². The van der Waals surface area contributed by atoms with Crippen LogP contribution in [0, 0.1) is 23.2 Å². The highest BCUT2D eigenvalue weighted by Gasteiger charge is 2.62. The number of rotatable bonds is 6. The van der Waals surface area contributed by atoms with Crippen molar-refractivity contribution in [2.75, 3.05) is 6.54 Å². The first kappa shape index (κ1) is 33.3. The summed E-state index contributed by atoms with van der Waals surface area (Å²) in [5, 5.41) is 10.1. The third kappa shape index (κ3) is 6.57. The van der Waals surface area contributed by atoms with E-state index in [0.29, 0.717) is 25.1 Å². The summed E-state index contributed by atoms with van der Waals surface area (Å²) >= 11 is 0. The van der Waals surface area contributed by atoms with E-state index in [0.717, 1.165) is 47.1 Å². The van der Waals surface area contributed by atoms with Crippen LogP contribution in [-0.2, 0) is 29.2 Å². The first-order valence-corrected chi connectivity index (χ1v) is 18.9. The Morgan fingerprint density at radius 1 is 1.06 bits per heavy atom. The van der Waals surface area contributed by atoms with Gasteiger partial charge in [0, 0.05) is 23.6 Å². The summed E-state index contributed by atoms with van der Waals surface area (Å²) in [6, 6.07) is 14.4. The van der Waals surface area contributed by atoms with E-state index in [9.17, 15) is 22.8 Å². The van der Waals surface area contributed by atoms with Gasteiger partial charge in [-0.1, -0.05) is 73.6 Å². The number of oxime groups is 1. The quantitative estimate of drug-likeness (QED) is 0.317. The van der Waals surface area contributed by atoms with E-state index >= 15 is 0 Å². The van der Waals surface area contributed by atoms with Gasteiger partial charge in [-0.15, -0.1) is 6.58 Å². The Morgan fingerprint density at radius 2 is 1.82 bits per heavy atom. The van der Waals surface area contributed by atoms with Crippen LogP contribution in [0.25, 0.3) is 17.2 Å². The zero-order valence-electron chi connectivity index (χ0n) is 28.0. The van der Waals surface area contributed by atoms with Crippen molar-refractivity contribution in [2.24, 2.45) is 28.3 Å². The maximum atomic E-state index is 14.1. The fourth-order valence-electron chi connectivity index (χ4n) is 7.54. The van der Waals surface area contributed by atoms with Gasteiger partial charge in [-0.25, -0.2) is 8.42 Å². The van der Waals surface area contributed by atoms with Gasteiger partial charge in [0.1, 0.15) is 17.4 Å². The average Bonchev–Trinajstić information content (AvgIpc) is 3.98. The van der Waals surface area contributed by atoms with Crippen molar-refractivity contribution in [3.05, 3.63) is 77.9 Å². The van der Waals surface area contributed by atoms with Gasteiger partial charge in [0.15, 0.2) is 0 Å². The summed E-state index contributed by atoms with van der Waals surface area (Å²) in [5.74, 6) is -3.47. The van der Waals surface area contributed by atoms with Crippen LogP contribution in [0.4, 0.5) is 0 Å². The van der Waals surface area contributed by atoms with Gasteiger partial charge in [-0.3, -0.25) is 19.1 Å². The Balaban J connectivity index is 1.18. The molecule has 49 heavy (non-hydrogen) atoms. The van der Waals surface area contributed by atoms with E-state index in [1.807, 2.05) is 18.2 Å². The fourth-order valence-corrected chi connectivity index (χ4v) is 8.90. The second-order valence-electron chi connectivity index (χ2n) is 15.1. The molecule has 4 bridgehead atoms. The van der Waals surface area contributed by atoms with Gasteiger partial charge in [0.25, 0.3) is 5.91 Å². The average molecular weight is 685 g/mol. The molecule has 0 radical (unpaired) electrons. The molecule has 2 aromatic rings. The molecular formula is C38H44N4O6S. The van der Waals surface area contributed by atoms with Crippen molar-refractivity contribution in [3.63, 3.8) is 0 Å². The lowest BCUT2D eigenvalue weighted by molar-refractivity contribution is -0.136. The summed E-state index contributed by atoms with van der Waals surface area (Å²) in [7, 11) is -3.82. The molecule has 0 saturated heterocycles. The van der Waals surface area contributed by atoms with Crippen molar-refractivity contribution < 1.29 is 27.6 Å². The molecule has 0 spiro atoms. The van der Waals surface area contributed by atoms with E-state index in [2.05, 4.69) is 77.4 Å². The first-order chi connectivity index (χ1) is 23.4. The topological polar surface area (TPSA) is 143 Å². The smallest absolute Gasteiger partial charge is 0.259 e. The van der Waals surface area contributed by atoms with Gasteiger partial charge in [0.05, 0.1) is 17.1 Å². The predicted molar refractivity (Wildman–Crippen MR) is 188 cm³/mol. The van der Waals surface area contributed by atoms with E-state index in [1.54, 1.807) is 6.08 Å². The molecule has 11 heteroatoms. The molecule has 4 aliphatic carbocycles. The SMILES string of the molecule is C=C[C@H]1C[C@]1(NC(=O)[C@@H]1C[C@@H]2C[C@H]1C(=O)NCC(C)(C)CCC/C=C/c1ccc3c(c1)/C(=N/O2)c1ccccc1-3)C(=O)NS(=O)(=O)C1CC1. The van der Waals surface area contributed by atoms with Crippen LogP contribution in [0.2, 0.25) is 0 Å². The molecule has 10 nitrogen and oxygen atoms in total. The zero-order chi connectivity index (χ0) is 34.6. The Morgan fingerprint density at radius 3 is 2.55 bits per heavy atom. The molecule has 3 saturated carbocycles. The van der Waals surface area contributed by atoms with Crippen LogP contribution in [0.5, 0.6) is 0 Å².